The van der Waals surface area contributed by atoms with E-state index in [1.165, 1.54) is 0 Å². The lowest BCUT2D eigenvalue weighted by molar-refractivity contribution is -0.0105. The standard InChI is InChI=1S/C17H24O5/c1-5-6-7-8-14-11-15(19-3)17(16(12-14)20-4)22-13-21-10-9-18-2/h5-8,11-12H,9-10,13H2,1-4H3/b6-5+,8-7+. The number of rotatable bonds is 10. The van der Waals surface area contributed by atoms with Gasteiger partial charge in [0.05, 0.1) is 27.4 Å². The average molecular weight is 308 g/mol. The highest BCUT2D eigenvalue weighted by Crippen LogP contribution is 2.38. The molecule has 22 heavy (non-hydrogen) atoms. The van der Waals surface area contributed by atoms with E-state index >= 15 is 0 Å². The summed E-state index contributed by atoms with van der Waals surface area (Å²) in [5, 5.41) is 0. The monoisotopic (exact) mass is 308 g/mol. The molecule has 0 fully saturated rings. The highest BCUT2D eigenvalue weighted by molar-refractivity contribution is 5.62. The molecule has 0 unspecified atom stereocenters. The Bertz CT molecular complexity index is 469. The van der Waals surface area contributed by atoms with Crippen molar-refractivity contribution in [2.24, 2.45) is 0 Å². The molecule has 0 atom stereocenters. The minimum atomic E-state index is 0.101. The van der Waals surface area contributed by atoms with Crippen LogP contribution in [-0.2, 0) is 9.47 Å². The zero-order valence-electron chi connectivity index (χ0n) is 13.6. The minimum absolute atomic E-state index is 0.101. The topological polar surface area (TPSA) is 46.2 Å². The summed E-state index contributed by atoms with van der Waals surface area (Å²) in [5.41, 5.74) is 0.958. The highest BCUT2D eigenvalue weighted by atomic mass is 16.7. The van der Waals surface area contributed by atoms with Crippen LogP contribution in [0.4, 0.5) is 0 Å². The summed E-state index contributed by atoms with van der Waals surface area (Å²) in [6.45, 7) is 3.05. The second kappa shape index (κ2) is 10.7. The first-order chi connectivity index (χ1) is 10.8. The van der Waals surface area contributed by atoms with Crippen molar-refractivity contribution >= 4 is 6.08 Å². The van der Waals surface area contributed by atoms with Crippen LogP contribution in [-0.4, -0.2) is 41.3 Å². The quantitative estimate of drug-likeness (QED) is 0.377. The summed E-state index contributed by atoms with van der Waals surface area (Å²) in [6, 6.07) is 3.76. The van der Waals surface area contributed by atoms with Crippen LogP contribution in [0.3, 0.4) is 0 Å². The fourth-order valence-corrected chi connectivity index (χ4v) is 1.72. The van der Waals surface area contributed by atoms with Crippen molar-refractivity contribution in [3.05, 3.63) is 35.9 Å². The molecule has 0 amide bonds. The lowest BCUT2D eigenvalue weighted by atomic mass is 10.1. The Kier molecular flexibility index (Phi) is 8.79. The van der Waals surface area contributed by atoms with Crippen LogP contribution < -0.4 is 14.2 Å². The summed E-state index contributed by atoms with van der Waals surface area (Å²) in [4.78, 5) is 0. The molecule has 0 aliphatic carbocycles. The van der Waals surface area contributed by atoms with Crippen molar-refractivity contribution in [1.82, 2.24) is 0 Å². The zero-order chi connectivity index (χ0) is 16.2. The summed E-state index contributed by atoms with van der Waals surface area (Å²) < 4.78 is 26.6. The third-order valence-corrected chi connectivity index (χ3v) is 2.79. The van der Waals surface area contributed by atoms with Crippen LogP contribution in [0.5, 0.6) is 17.2 Å². The van der Waals surface area contributed by atoms with Gasteiger partial charge in [0.15, 0.2) is 18.3 Å². The van der Waals surface area contributed by atoms with Crippen molar-refractivity contribution in [2.75, 3.05) is 41.3 Å². The summed E-state index contributed by atoms with van der Waals surface area (Å²) in [5.74, 6) is 1.70. The van der Waals surface area contributed by atoms with Gasteiger partial charge in [-0.1, -0.05) is 24.3 Å². The molecular formula is C17H24O5. The summed E-state index contributed by atoms with van der Waals surface area (Å²) in [7, 11) is 4.80. The third-order valence-electron chi connectivity index (χ3n) is 2.79. The molecule has 0 aliphatic rings. The fraction of sp³-hybridized carbons (Fsp3) is 0.412. The van der Waals surface area contributed by atoms with Crippen LogP contribution in [0.1, 0.15) is 12.5 Å². The molecule has 0 radical (unpaired) electrons. The Morgan fingerprint density at radius 3 is 2.18 bits per heavy atom. The lowest BCUT2D eigenvalue weighted by Crippen LogP contribution is -2.09. The van der Waals surface area contributed by atoms with E-state index in [-0.39, 0.29) is 6.79 Å². The minimum Gasteiger partial charge on any atom is -0.493 e. The molecule has 5 nitrogen and oxygen atoms in total. The first kappa shape index (κ1) is 18.1. The van der Waals surface area contributed by atoms with Crippen molar-refractivity contribution in [1.29, 1.82) is 0 Å². The third kappa shape index (κ3) is 5.79. The van der Waals surface area contributed by atoms with E-state index in [0.717, 1.165) is 5.56 Å². The predicted octanol–water partition coefficient (Wildman–Crippen LogP) is 3.29. The molecule has 0 aromatic heterocycles. The van der Waals surface area contributed by atoms with E-state index in [1.54, 1.807) is 21.3 Å². The van der Waals surface area contributed by atoms with Gasteiger partial charge in [0.1, 0.15) is 0 Å². The number of allylic oxidation sites excluding steroid dienone is 3. The van der Waals surface area contributed by atoms with Crippen LogP contribution in [0, 0.1) is 0 Å². The van der Waals surface area contributed by atoms with Crippen LogP contribution in [0.15, 0.2) is 30.4 Å². The SMILES string of the molecule is C/C=C/C=C/c1cc(OC)c(OCOCCOC)c(OC)c1. The molecule has 0 spiro atoms. The molecule has 0 saturated carbocycles. The summed E-state index contributed by atoms with van der Waals surface area (Å²) >= 11 is 0. The molecule has 0 heterocycles. The number of ether oxygens (including phenoxy) is 5. The Morgan fingerprint density at radius 2 is 1.64 bits per heavy atom. The zero-order valence-corrected chi connectivity index (χ0v) is 13.6. The molecule has 0 saturated heterocycles. The van der Waals surface area contributed by atoms with Crippen LogP contribution in [0.2, 0.25) is 0 Å². The fourth-order valence-electron chi connectivity index (χ4n) is 1.72. The normalized spacial score (nSPS) is 11.3. The van der Waals surface area contributed by atoms with Gasteiger partial charge in [-0.3, -0.25) is 0 Å². The van der Waals surface area contributed by atoms with E-state index in [1.807, 2.05) is 43.4 Å². The van der Waals surface area contributed by atoms with Crippen LogP contribution in [0.25, 0.3) is 6.08 Å². The Labute approximate surface area is 132 Å². The van der Waals surface area contributed by atoms with Crippen molar-refractivity contribution in [3.8, 4) is 17.2 Å². The van der Waals surface area contributed by atoms with E-state index in [2.05, 4.69) is 0 Å². The number of hydrogen-bond acceptors (Lipinski definition) is 5. The molecule has 5 heteroatoms. The van der Waals surface area contributed by atoms with Crippen molar-refractivity contribution < 1.29 is 23.7 Å². The predicted molar refractivity (Wildman–Crippen MR) is 86.7 cm³/mol. The largest absolute Gasteiger partial charge is 0.493 e. The molecular weight excluding hydrogens is 284 g/mol. The van der Waals surface area contributed by atoms with E-state index in [4.69, 9.17) is 23.7 Å². The number of hydrogen-bond donors (Lipinski definition) is 0. The van der Waals surface area contributed by atoms with Gasteiger partial charge in [0.2, 0.25) is 5.75 Å². The number of methoxy groups -OCH3 is 3. The second-order valence-electron chi connectivity index (χ2n) is 4.30. The maximum atomic E-state index is 5.61. The average Bonchev–Trinajstić information content (AvgIpc) is 2.55. The maximum absolute atomic E-state index is 5.61. The van der Waals surface area contributed by atoms with Gasteiger partial charge >= 0.3 is 0 Å². The molecule has 0 bridgehead atoms. The first-order valence-electron chi connectivity index (χ1n) is 7.01. The van der Waals surface area contributed by atoms with E-state index < -0.39 is 0 Å². The second-order valence-corrected chi connectivity index (χ2v) is 4.30. The van der Waals surface area contributed by atoms with Gasteiger partial charge in [-0.25, -0.2) is 0 Å². The van der Waals surface area contributed by atoms with Gasteiger partial charge in [-0.2, -0.15) is 0 Å². The Morgan fingerprint density at radius 1 is 0.955 bits per heavy atom. The van der Waals surface area contributed by atoms with Gasteiger partial charge < -0.3 is 23.7 Å². The van der Waals surface area contributed by atoms with Crippen molar-refractivity contribution in [2.45, 2.75) is 6.92 Å². The van der Waals surface area contributed by atoms with Crippen LogP contribution >= 0.6 is 0 Å². The van der Waals surface area contributed by atoms with Gasteiger partial charge in [-0.05, 0) is 24.6 Å². The van der Waals surface area contributed by atoms with Gasteiger partial charge in [0.25, 0.3) is 0 Å². The van der Waals surface area contributed by atoms with Gasteiger partial charge in [-0.15, -0.1) is 0 Å². The molecule has 122 valence electrons. The van der Waals surface area contributed by atoms with Gasteiger partial charge in [0, 0.05) is 7.11 Å². The first-order valence-corrected chi connectivity index (χ1v) is 7.01. The molecule has 1 aromatic rings. The Balaban J connectivity index is 2.86. The number of benzene rings is 1. The maximum Gasteiger partial charge on any atom is 0.206 e. The van der Waals surface area contributed by atoms with Crippen molar-refractivity contribution in [3.63, 3.8) is 0 Å². The molecule has 0 N–H and O–H groups in total. The summed E-state index contributed by atoms with van der Waals surface area (Å²) in [6.07, 6.45) is 7.82. The molecule has 0 aliphatic heterocycles. The lowest BCUT2D eigenvalue weighted by Gasteiger charge is -2.15. The smallest absolute Gasteiger partial charge is 0.206 e. The molecule has 1 rings (SSSR count). The molecule has 1 aromatic carbocycles. The van der Waals surface area contributed by atoms with E-state index in [0.29, 0.717) is 30.5 Å². The van der Waals surface area contributed by atoms with E-state index in [9.17, 15) is 0 Å². The highest BCUT2D eigenvalue weighted by Gasteiger charge is 2.13. The Hall–Kier alpha value is -1.98.